The maximum absolute atomic E-state index is 13.0. The van der Waals surface area contributed by atoms with E-state index in [9.17, 15) is 4.79 Å². The summed E-state index contributed by atoms with van der Waals surface area (Å²) >= 11 is 0. The van der Waals surface area contributed by atoms with Crippen molar-refractivity contribution < 1.29 is 9.53 Å². The molecule has 1 amide bonds. The molecule has 1 aromatic carbocycles. The normalized spacial score (nSPS) is 21.9. The first-order chi connectivity index (χ1) is 11.3. The Hall–Kier alpha value is -2.36. The molecule has 0 N–H and O–H groups in total. The van der Waals surface area contributed by atoms with Gasteiger partial charge in [-0.25, -0.2) is 0 Å². The fourth-order valence-electron chi connectivity index (χ4n) is 3.43. The van der Waals surface area contributed by atoms with Crippen LogP contribution in [0.25, 0.3) is 0 Å². The molecular weight excluding hydrogens is 288 g/mol. The van der Waals surface area contributed by atoms with Crippen LogP contribution in [0.1, 0.15) is 24.8 Å². The topological polar surface area (TPSA) is 42.4 Å². The minimum absolute atomic E-state index is 0.0768. The van der Waals surface area contributed by atoms with Crippen LogP contribution in [0.3, 0.4) is 0 Å². The first-order valence-electron chi connectivity index (χ1n) is 8.19. The first kappa shape index (κ1) is 14.2. The lowest BCUT2D eigenvalue weighted by atomic mass is 9.94. The van der Waals surface area contributed by atoms with Gasteiger partial charge in [0, 0.05) is 25.4 Å². The summed E-state index contributed by atoms with van der Waals surface area (Å²) in [5.41, 5.74) is 0.885. The van der Waals surface area contributed by atoms with Gasteiger partial charge in [-0.2, -0.15) is 0 Å². The Morgan fingerprint density at radius 3 is 2.57 bits per heavy atom. The number of aromatic nitrogens is 1. The minimum Gasteiger partial charge on any atom is -0.488 e. The molecule has 1 aliphatic carbocycles. The molecular formula is C19H20N2O2. The monoisotopic (exact) mass is 308 g/mol. The van der Waals surface area contributed by atoms with Gasteiger partial charge < -0.3 is 9.64 Å². The molecule has 2 heterocycles. The number of carbonyl (C=O) groups is 1. The maximum atomic E-state index is 13.0. The largest absolute Gasteiger partial charge is 0.488 e. The summed E-state index contributed by atoms with van der Waals surface area (Å²) < 4.78 is 5.96. The molecule has 1 saturated carbocycles. The van der Waals surface area contributed by atoms with Crippen LogP contribution < -0.4 is 4.74 Å². The van der Waals surface area contributed by atoms with Crippen LogP contribution in [0.15, 0.2) is 54.9 Å². The second kappa shape index (κ2) is 5.69. The van der Waals surface area contributed by atoms with E-state index in [4.69, 9.17) is 4.74 Å². The van der Waals surface area contributed by atoms with Gasteiger partial charge in [-0.3, -0.25) is 9.78 Å². The molecule has 4 rings (SSSR count). The van der Waals surface area contributed by atoms with Crippen LogP contribution in [0.5, 0.6) is 5.75 Å². The highest BCUT2D eigenvalue weighted by Gasteiger charge is 2.53. The third-order valence-electron chi connectivity index (χ3n) is 4.87. The second-order valence-corrected chi connectivity index (χ2v) is 6.41. The number of carbonyl (C=O) groups excluding carboxylic acids is 1. The number of rotatable bonds is 4. The number of benzene rings is 1. The number of nitrogens with zero attached hydrogens (tertiary/aromatic N) is 2. The lowest BCUT2D eigenvalue weighted by Gasteiger charge is -2.23. The molecule has 1 unspecified atom stereocenters. The Balaban J connectivity index is 1.43. The molecule has 0 bridgehead atoms. The zero-order valence-corrected chi connectivity index (χ0v) is 13.0. The molecule has 0 radical (unpaired) electrons. The van der Waals surface area contributed by atoms with E-state index in [0.29, 0.717) is 6.54 Å². The van der Waals surface area contributed by atoms with Gasteiger partial charge in [-0.1, -0.05) is 30.3 Å². The van der Waals surface area contributed by atoms with Gasteiger partial charge >= 0.3 is 0 Å². The quantitative estimate of drug-likeness (QED) is 0.872. The van der Waals surface area contributed by atoms with Crippen molar-refractivity contribution in [3.8, 4) is 5.75 Å². The van der Waals surface area contributed by atoms with Gasteiger partial charge in [0.05, 0.1) is 12.0 Å². The van der Waals surface area contributed by atoms with Crippen LogP contribution in [-0.2, 0) is 10.2 Å². The van der Waals surface area contributed by atoms with E-state index < -0.39 is 0 Å². The van der Waals surface area contributed by atoms with Crippen molar-refractivity contribution in [1.82, 2.24) is 9.88 Å². The zero-order valence-electron chi connectivity index (χ0n) is 13.0. The van der Waals surface area contributed by atoms with Crippen LogP contribution in [0.2, 0.25) is 0 Å². The highest BCUT2D eigenvalue weighted by Crippen LogP contribution is 2.49. The Morgan fingerprint density at radius 1 is 1.13 bits per heavy atom. The molecule has 2 aliphatic rings. The van der Waals surface area contributed by atoms with Crippen LogP contribution in [0.4, 0.5) is 0 Å². The summed E-state index contributed by atoms with van der Waals surface area (Å²) in [5.74, 6) is 1.09. The fraction of sp³-hybridized carbons (Fsp3) is 0.368. The van der Waals surface area contributed by atoms with Gasteiger partial charge in [0.1, 0.15) is 11.9 Å². The van der Waals surface area contributed by atoms with E-state index in [1.54, 1.807) is 12.4 Å². The zero-order chi connectivity index (χ0) is 15.7. The summed E-state index contributed by atoms with van der Waals surface area (Å²) in [5, 5.41) is 0. The Labute approximate surface area is 136 Å². The van der Waals surface area contributed by atoms with E-state index in [1.165, 1.54) is 0 Å². The third kappa shape index (κ3) is 2.69. The molecule has 1 aromatic heterocycles. The van der Waals surface area contributed by atoms with Crippen LogP contribution >= 0.6 is 0 Å². The summed E-state index contributed by atoms with van der Waals surface area (Å²) in [4.78, 5) is 19.0. The predicted molar refractivity (Wildman–Crippen MR) is 87.2 cm³/mol. The Bertz CT molecular complexity index is 683. The SMILES string of the molecule is O=C(N1CCC(Oc2ccncc2)C1)C1(c2ccccc2)CC1. The van der Waals surface area contributed by atoms with Crippen molar-refractivity contribution in [2.45, 2.75) is 30.8 Å². The van der Waals surface area contributed by atoms with E-state index in [-0.39, 0.29) is 17.4 Å². The molecule has 2 aromatic rings. The molecule has 1 saturated heterocycles. The van der Waals surface area contributed by atoms with Crippen molar-refractivity contribution in [2.24, 2.45) is 0 Å². The number of amides is 1. The van der Waals surface area contributed by atoms with Gasteiger partial charge in [-0.15, -0.1) is 0 Å². The molecule has 1 aliphatic heterocycles. The van der Waals surface area contributed by atoms with Crippen molar-refractivity contribution in [2.75, 3.05) is 13.1 Å². The maximum Gasteiger partial charge on any atom is 0.233 e. The molecule has 4 nitrogen and oxygen atoms in total. The predicted octanol–water partition coefficient (Wildman–Crippen LogP) is 2.79. The number of hydrogen-bond acceptors (Lipinski definition) is 3. The van der Waals surface area contributed by atoms with Crippen molar-refractivity contribution >= 4 is 5.91 Å². The van der Waals surface area contributed by atoms with Crippen molar-refractivity contribution in [1.29, 1.82) is 0 Å². The average Bonchev–Trinajstić information content (AvgIpc) is 3.30. The van der Waals surface area contributed by atoms with E-state index in [2.05, 4.69) is 17.1 Å². The van der Waals surface area contributed by atoms with Crippen LogP contribution in [0, 0.1) is 0 Å². The van der Waals surface area contributed by atoms with Gasteiger partial charge in [-0.05, 0) is 30.5 Å². The second-order valence-electron chi connectivity index (χ2n) is 6.41. The van der Waals surface area contributed by atoms with Crippen LogP contribution in [-0.4, -0.2) is 35.0 Å². The van der Waals surface area contributed by atoms with Gasteiger partial charge in [0.15, 0.2) is 0 Å². The van der Waals surface area contributed by atoms with E-state index in [0.717, 1.165) is 37.1 Å². The van der Waals surface area contributed by atoms with Crippen molar-refractivity contribution in [3.05, 3.63) is 60.4 Å². The number of likely N-dealkylation sites (tertiary alicyclic amines) is 1. The Morgan fingerprint density at radius 2 is 1.87 bits per heavy atom. The molecule has 4 heteroatoms. The molecule has 118 valence electrons. The molecule has 0 spiro atoms. The number of pyridine rings is 1. The lowest BCUT2D eigenvalue weighted by molar-refractivity contribution is -0.133. The van der Waals surface area contributed by atoms with Gasteiger partial charge in [0.2, 0.25) is 5.91 Å². The van der Waals surface area contributed by atoms with E-state index in [1.807, 2.05) is 35.2 Å². The highest BCUT2D eigenvalue weighted by molar-refractivity contribution is 5.91. The smallest absolute Gasteiger partial charge is 0.233 e. The third-order valence-corrected chi connectivity index (χ3v) is 4.87. The summed E-state index contributed by atoms with van der Waals surface area (Å²) in [6.07, 6.45) is 6.33. The molecule has 2 fully saturated rings. The summed E-state index contributed by atoms with van der Waals surface area (Å²) in [6, 6.07) is 13.9. The summed E-state index contributed by atoms with van der Waals surface area (Å²) in [7, 11) is 0. The summed E-state index contributed by atoms with van der Waals surface area (Å²) in [6.45, 7) is 1.46. The van der Waals surface area contributed by atoms with E-state index >= 15 is 0 Å². The lowest BCUT2D eigenvalue weighted by Crippen LogP contribution is -2.38. The van der Waals surface area contributed by atoms with Gasteiger partial charge in [0.25, 0.3) is 0 Å². The average molecular weight is 308 g/mol. The van der Waals surface area contributed by atoms with Crippen molar-refractivity contribution in [3.63, 3.8) is 0 Å². The molecule has 23 heavy (non-hydrogen) atoms. The molecule has 1 atom stereocenters. The highest BCUT2D eigenvalue weighted by atomic mass is 16.5. The number of ether oxygens (including phenoxy) is 1. The fourth-order valence-corrected chi connectivity index (χ4v) is 3.43. The first-order valence-corrected chi connectivity index (χ1v) is 8.19. The number of hydrogen-bond donors (Lipinski definition) is 0. The Kier molecular flexibility index (Phi) is 3.52. The standard InChI is InChI=1S/C19H20N2O2/c22-18(19(9-10-19)15-4-2-1-3-5-15)21-13-8-17(14-21)23-16-6-11-20-12-7-16/h1-7,11-12,17H,8-10,13-14H2. The minimum atomic E-state index is -0.271.